The molecule has 2 nitrogen and oxygen atoms in total. The normalized spacial score (nSPS) is 13.6. The maximum Gasteiger partial charge on any atom is 0.416 e. The topological polar surface area (TPSA) is 18.5 Å². The first kappa shape index (κ1) is 24.2. The van der Waals surface area contributed by atoms with Gasteiger partial charge in [-0.2, -0.15) is 13.2 Å². The van der Waals surface area contributed by atoms with Crippen molar-refractivity contribution < 1.29 is 22.6 Å². The minimum absolute atomic E-state index is 0.0538. The zero-order valence-corrected chi connectivity index (χ0v) is 20.2. The molecule has 2 rings (SSSR count). The van der Waals surface area contributed by atoms with E-state index in [1.807, 2.05) is 57.8 Å². The molecule has 0 aromatic heterocycles. The highest BCUT2D eigenvalue weighted by atomic mass is 35.7. The van der Waals surface area contributed by atoms with Crippen molar-refractivity contribution in [3.63, 3.8) is 0 Å². The van der Waals surface area contributed by atoms with E-state index in [1.54, 1.807) is 0 Å². The Labute approximate surface area is 177 Å². The zero-order chi connectivity index (χ0) is 22.0. The van der Waals surface area contributed by atoms with E-state index in [9.17, 15) is 13.2 Å². The van der Waals surface area contributed by atoms with Crippen LogP contribution >= 0.6 is 18.5 Å². The van der Waals surface area contributed by atoms with Gasteiger partial charge in [0.25, 0.3) is 0 Å². The summed E-state index contributed by atoms with van der Waals surface area (Å²) in [5, 5.41) is 1.83. The van der Waals surface area contributed by atoms with Crippen molar-refractivity contribution in [3.8, 4) is 5.75 Å². The Balaban J connectivity index is 2.80. The molecule has 0 aliphatic rings. The Morgan fingerprint density at radius 3 is 2.21 bits per heavy atom. The van der Waals surface area contributed by atoms with Gasteiger partial charge in [-0.05, 0) is 34.1 Å². The lowest BCUT2D eigenvalue weighted by atomic mass is 10.0. The maximum atomic E-state index is 13.7. The molecular formula is C21H27ClF3O2PSi. The molecule has 0 spiro atoms. The summed E-state index contributed by atoms with van der Waals surface area (Å²) in [7, 11) is -2.27. The quantitative estimate of drug-likeness (QED) is 0.288. The minimum atomic E-state index is -4.46. The van der Waals surface area contributed by atoms with Crippen LogP contribution in [-0.4, -0.2) is 22.0 Å². The highest BCUT2D eigenvalue weighted by molar-refractivity contribution is 7.95. The van der Waals surface area contributed by atoms with Crippen LogP contribution in [0.4, 0.5) is 13.2 Å². The molecule has 0 fully saturated rings. The first-order valence-electron chi connectivity index (χ1n) is 9.30. The number of hydrogen-bond acceptors (Lipinski definition) is 2. The van der Waals surface area contributed by atoms with Gasteiger partial charge in [-0.25, -0.2) is 0 Å². The lowest BCUT2D eigenvalue weighted by molar-refractivity contribution is -0.137. The summed E-state index contributed by atoms with van der Waals surface area (Å²) in [5.74, 6) is 0.624. The number of benzene rings is 2. The van der Waals surface area contributed by atoms with Crippen LogP contribution in [0.5, 0.6) is 5.75 Å². The predicted octanol–water partition coefficient (Wildman–Crippen LogP) is 5.94. The lowest BCUT2D eigenvalue weighted by Crippen LogP contribution is -2.42. The maximum absolute atomic E-state index is 13.7. The third-order valence-electron chi connectivity index (χ3n) is 4.51. The fraction of sp³-hybridized carbons (Fsp3) is 0.429. The van der Waals surface area contributed by atoms with Gasteiger partial charge in [0.2, 0.25) is 0 Å². The van der Waals surface area contributed by atoms with E-state index in [0.717, 1.165) is 16.9 Å². The van der Waals surface area contributed by atoms with E-state index in [4.69, 9.17) is 20.7 Å². The molecule has 29 heavy (non-hydrogen) atoms. The van der Waals surface area contributed by atoms with Gasteiger partial charge < -0.3 is 9.47 Å². The second-order valence-corrected chi connectivity index (χ2v) is 15.7. The number of alkyl halides is 3. The van der Waals surface area contributed by atoms with Gasteiger partial charge in [0.1, 0.15) is 5.75 Å². The summed E-state index contributed by atoms with van der Waals surface area (Å²) in [4.78, 5) is 0. The third-order valence-corrected chi connectivity index (χ3v) is 9.17. The molecule has 0 aliphatic heterocycles. The Morgan fingerprint density at radius 2 is 1.69 bits per heavy atom. The van der Waals surface area contributed by atoms with Gasteiger partial charge in [0.15, 0.2) is 6.79 Å². The molecule has 0 radical (unpaired) electrons. The Morgan fingerprint density at radius 1 is 1.07 bits per heavy atom. The monoisotopic (exact) mass is 462 g/mol. The zero-order valence-electron chi connectivity index (χ0n) is 17.5. The largest absolute Gasteiger partial charge is 0.467 e. The fourth-order valence-corrected chi connectivity index (χ4v) is 7.11. The SMILES string of the molecule is COCOc1c(P(Cl)c2ccccc2C(C)C)cc(C(F)(F)F)cc1[Si](C)(C)C. The van der Waals surface area contributed by atoms with Crippen LogP contribution in [-0.2, 0) is 10.9 Å². The molecule has 1 atom stereocenters. The molecule has 8 heteroatoms. The van der Waals surface area contributed by atoms with E-state index in [-0.39, 0.29) is 12.7 Å². The van der Waals surface area contributed by atoms with Crippen molar-refractivity contribution in [2.24, 2.45) is 0 Å². The standard InChI is InChI=1S/C21H27ClF3O2PSi/c1-14(2)16-9-7-8-10-17(16)28(22)18-11-15(21(23,24)25)12-19(29(4,5)6)20(18)27-13-26-3/h7-12,14H,13H2,1-6H3. The summed E-state index contributed by atoms with van der Waals surface area (Å²) >= 11 is 6.90. The van der Waals surface area contributed by atoms with Crippen molar-refractivity contribution in [2.45, 2.75) is 45.6 Å². The van der Waals surface area contributed by atoms with Crippen molar-refractivity contribution in [3.05, 3.63) is 47.5 Å². The molecule has 0 N–H and O–H groups in total. The molecule has 1 unspecified atom stereocenters. The smallest absolute Gasteiger partial charge is 0.416 e. The van der Waals surface area contributed by atoms with Crippen LogP contribution in [0.3, 0.4) is 0 Å². The molecule has 0 heterocycles. The second kappa shape index (κ2) is 9.38. The molecular weight excluding hydrogens is 436 g/mol. The average molecular weight is 463 g/mol. The molecule has 0 amide bonds. The van der Waals surface area contributed by atoms with Crippen LogP contribution in [0.2, 0.25) is 19.6 Å². The Bertz CT molecular complexity index is 851. The number of hydrogen-bond donors (Lipinski definition) is 0. The summed E-state index contributed by atoms with van der Waals surface area (Å²) in [6.07, 6.45) is -4.46. The third kappa shape index (κ3) is 5.75. The van der Waals surface area contributed by atoms with Crippen molar-refractivity contribution in [1.29, 1.82) is 0 Å². The predicted molar refractivity (Wildman–Crippen MR) is 120 cm³/mol. The van der Waals surface area contributed by atoms with Crippen LogP contribution < -0.4 is 20.5 Å². The van der Waals surface area contributed by atoms with Gasteiger partial charge in [-0.3, -0.25) is 0 Å². The van der Waals surface area contributed by atoms with Gasteiger partial charge in [-0.15, -0.1) is 0 Å². The number of rotatable bonds is 7. The van der Waals surface area contributed by atoms with Crippen LogP contribution in [0, 0.1) is 0 Å². The summed E-state index contributed by atoms with van der Waals surface area (Å²) < 4.78 is 52.0. The molecule has 160 valence electrons. The van der Waals surface area contributed by atoms with Gasteiger partial charge in [-0.1, -0.05) is 69.0 Å². The van der Waals surface area contributed by atoms with Gasteiger partial charge in [0.05, 0.1) is 20.9 Å². The average Bonchev–Trinajstić information content (AvgIpc) is 2.63. The second-order valence-electron chi connectivity index (χ2n) is 8.17. The summed E-state index contributed by atoms with van der Waals surface area (Å²) in [5.41, 5.74) is 0.336. The number of methoxy groups -OCH3 is 1. The van der Waals surface area contributed by atoms with Gasteiger partial charge >= 0.3 is 6.18 Å². The molecule has 0 aliphatic carbocycles. The lowest BCUT2D eigenvalue weighted by Gasteiger charge is -2.27. The molecule has 0 saturated carbocycles. The van der Waals surface area contributed by atoms with Crippen LogP contribution in [0.1, 0.15) is 30.9 Å². The Kier molecular flexibility index (Phi) is 7.83. The van der Waals surface area contributed by atoms with Gasteiger partial charge in [0, 0.05) is 12.4 Å². The molecule has 2 aromatic rings. The van der Waals surface area contributed by atoms with E-state index >= 15 is 0 Å². The van der Waals surface area contributed by atoms with E-state index < -0.39 is 27.1 Å². The molecule has 2 aromatic carbocycles. The number of ether oxygens (including phenoxy) is 2. The van der Waals surface area contributed by atoms with Crippen molar-refractivity contribution in [1.82, 2.24) is 0 Å². The van der Waals surface area contributed by atoms with E-state index in [2.05, 4.69) is 0 Å². The minimum Gasteiger partial charge on any atom is -0.467 e. The molecule has 0 bridgehead atoms. The van der Waals surface area contributed by atoms with Crippen LogP contribution in [0.15, 0.2) is 36.4 Å². The number of halogens is 4. The first-order chi connectivity index (χ1) is 13.4. The Hall–Kier alpha value is -1.07. The summed E-state index contributed by atoms with van der Waals surface area (Å²) in [6, 6.07) is 10.0. The highest BCUT2D eigenvalue weighted by Crippen LogP contribution is 2.45. The fourth-order valence-electron chi connectivity index (χ4n) is 3.03. The molecule has 0 saturated heterocycles. The summed E-state index contributed by atoms with van der Waals surface area (Å²) in [6.45, 7) is 10.0. The van der Waals surface area contributed by atoms with E-state index in [0.29, 0.717) is 16.2 Å². The van der Waals surface area contributed by atoms with Crippen LogP contribution in [0.25, 0.3) is 0 Å². The first-order valence-corrected chi connectivity index (χ1v) is 15.0. The van der Waals surface area contributed by atoms with Crippen molar-refractivity contribution >= 4 is 42.4 Å². The van der Waals surface area contributed by atoms with Crippen molar-refractivity contribution in [2.75, 3.05) is 13.9 Å². The van der Waals surface area contributed by atoms with E-state index in [1.165, 1.54) is 13.2 Å². The highest BCUT2D eigenvalue weighted by Gasteiger charge is 2.36.